The standard InChI is InChI=1S/C27H49NO2S.C5H13N.C3H8.3C2H6/c1-7-9-10-20-31-24-13-12-23-26(24,5)17-11-16-25(4,8-2)22(14-18-27(23,6)28)15-19-30-21(3)29;1-4-5-6(2)3;1-3-2;3*1-2/h14,23-24H,7-13,15-20,28H2,1-6H3;4-5H2,1-3H3;3H2,1-2H3;3*1-2H3/b22-14-;;;;;. The molecule has 2 aliphatic rings. The van der Waals surface area contributed by atoms with E-state index in [4.69, 9.17) is 10.5 Å². The van der Waals surface area contributed by atoms with Gasteiger partial charge in [0.05, 0.1) is 6.61 Å². The highest BCUT2D eigenvalue weighted by molar-refractivity contribution is 7.99. The van der Waals surface area contributed by atoms with Gasteiger partial charge in [-0.2, -0.15) is 11.8 Å². The number of nitrogens with zero attached hydrogens (tertiary/aromatic N) is 1. The molecule has 2 aliphatic carbocycles. The Morgan fingerprint density at radius 2 is 1.50 bits per heavy atom. The van der Waals surface area contributed by atoms with Gasteiger partial charge in [0.2, 0.25) is 0 Å². The van der Waals surface area contributed by atoms with Gasteiger partial charge in [0.15, 0.2) is 0 Å². The van der Waals surface area contributed by atoms with Gasteiger partial charge in [0, 0.05) is 24.1 Å². The van der Waals surface area contributed by atoms with E-state index in [1.807, 2.05) is 41.5 Å². The van der Waals surface area contributed by atoms with E-state index in [1.165, 1.54) is 89.0 Å². The van der Waals surface area contributed by atoms with Gasteiger partial charge in [-0.15, -0.1) is 0 Å². The van der Waals surface area contributed by atoms with E-state index in [1.54, 1.807) is 0 Å². The van der Waals surface area contributed by atoms with Gasteiger partial charge < -0.3 is 15.4 Å². The second kappa shape index (κ2) is 31.7. The quantitative estimate of drug-likeness (QED) is 0.134. The van der Waals surface area contributed by atoms with Crippen LogP contribution in [0.3, 0.4) is 0 Å². The molecule has 2 N–H and O–H groups in total. The Morgan fingerprint density at radius 1 is 0.935 bits per heavy atom. The summed E-state index contributed by atoms with van der Waals surface area (Å²) in [4.78, 5) is 13.5. The second-order valence-electron chi connectivity index (χ2n) is 13.5. The van der Waals surface area contributed by atoms with Gasteiger partial charge in [-0.3, -0.25) is 4.79 Å². The number of thioether (sulfide) groups is 1. The summed E-state index contributed by atoms with van der Waals surface area (Å²) in [6, 6.07) is 0. The number of hydrogen-bond acceptors (Lipinski definition) is 5. The average molecular weight is 673 g/mol. The fourth-order valence-corrected chi connectivity index (χ4v) is 8.40. The van der Waals surface area contributed by atoms with Crippen molar-refractivity contribution in [2.24, 2.45) is 22.5 Å². The zero-order valence-electron chi connectivity index (χ0n) is 34.8. The second-order valence-corrected chi connectivity index (χ2v) is 14.8. The highest BCUT2D eigenvalue weighted by atomic mass is 32.2. The van der Waals surface area contributed by atoms with Gasteiger partial charge in [-0.25, -0.2) is 0 Å². The molecular formula is C41H88N2O2S. The maximum atomic E-state index is 11.3. The number of hydrogen-bond donors (Lipinski definition) is 1. The van der Waals surface area contributed by atoms with Gasteiger partial charge in [0.25, 0.3) is 0 Å². The summed E-state index contributed by atoms with van der Waals surface area (Å²) in [7, 11) is 4.17. The number of carbonyl (C=O) groups excluding carboxylic acids is 1. The maximum Gasteiger partial charge on any atom is 0.302 e. The van der Waals surface area contributed by atoms with Crippen LogP contribution in [-0.4, -0.2) is 54.7 Å². The van der Waals surface area contributed by atoms with Crippen molar-refractivity contribution in [2.45, 2.75) is 198 Å². The first-order chi connectivity index (χ1) is 21.8. The van der Waals surface area contributed by atoms with Crippen molar-refractivity contribution >= 4 is 17.7 Å². The zero-order chi connectivity index (χ0) is 36.8. The molecule has 0 amide bonds. The molecule has 1 fully saturated rings. The van der Waals surface area contributed by atoms with E-state index in [-0.39, 0.29) is 16.9 Å². The highest BCUT2D eigenvalue weighted by Crippen LogP contribution is 2.57. The number of unbranched alkanes of at least 4 members (excludes halogenated alkanes) is 2. The first-order valence-electron chi connectivity index (χ1n) is 19.7. The lowest BCUT2D eigenvalue weighted by Gasteiger charge is -2.46. The Bertz CT molecular complexity index is 709. The van der Waals surface area contributed by atoms with Crippen LogP contribution in [0, 0.1) is 16.7 Å². The SMILES string of the molecule is CC.CC.CC.CCC.CCCCCSC1CCC2C(C)(N)C/C=C(/CCOC(C)=O)C(C)(CC)CCCC12C.CCCN(C)C. The summed E-state index contributed by atoms with van der Waals surface area (Å²) in [5, 5.41) is 0.747. The van der Waals surface area contributed by atoms with Crippen LogP contribution in [0.5, 0.6) is 0 Å². The van der Waals surface area contributed by atoms with Crippen LogP contribution < -0.4 is 5.73 Å². The van der Waals surface area contributed by atoms with Crippen LogP contribution in [0.1, 0.15) is 187 Å². The lowest BCUT2D eigenvalue weighted by atomic mass is 9.63. The summed E-state index contributed by atoms with van der Waals surface area (Å²) in [6.45, 7) is 33.5. The minimum Gasteiger partial charge on any atom is -0.466 e. The molecule has 0 aromatic carbocycles. The molecule has 0 heterocycles. The van der Waals surface area contributed by atoms with Crippen molar-refractivity contribution in [1.29, 1.82) is 0 Å². The summed E-state index contributed by atoms with van der Waals surface area (Å²) in [5.74, 6) is 1.68. The number of fused-ring (bicyclic) bond motifs is 1. The van der Waals surface area contributed by atoms with Crippen molar-refractivity contribution in [3.05, 3.63) is 11.6 Å². The fraction of sp³-hybridized carbons (Fsp3) is 0.927. The Morgan fingerprint density at radius 3 is 1.93 bits per heavy atom. The normalized spacial score (nSPS) is 27.8. The molecule has 5 atom stereocenters. The van der Waals surface area contributed by atoms with Crippen LogP contribution in [0.4, 0.5) is 0 Å². The van der Waals surface area contributed by atoms with Crippen LogP contribution in [0.25, 0.3) is 0 Å². The zero-order valence-corrected chi connectivity index (χ0v) is 35.6. The molecule has 2 rings (SSSR count). The Labute approximate surface area is 296 Å². The van der Waals surface area contributed by atoms with E-state index < -0.39 is 0 Å². The molecule has 5 unspecified atom stereocenters. The van der Waals surface area contributed by atoms with E-state index in [0.717, 1.165) is 24.5 Å². The predicted octanol–water partition coefficient (Wildman–Crippen LogP) is 12.7. The molecule has 0 radical (unpaired) electrons. The van der Waals surface area contributed by atoms with Gasteiger partial charge in [-0.1, -0.05) is 127 Å². The Hall–Kier alpha value is -0.520. The molecule has 0 aromatic heterocycles. The number of nitrogens with two attached hydrogens (primary N) is 1. The van der Waals surface area contributed by atoms with Crippen molar-refractivity contribution in [1.82, 2.24) is 4.90 Å². The van der Waals surface area contributed by atoms with E-state index in [0.29, 0.717) is 17.9 Å². The van der Waals surface area contributed by atoms with E-state index >= 15 is 0 Å². The monoisotopic (exact) mass is 673 g/mol. The fourth-order valence-electron chi connectivity index (χ4n) is 6.78. The third-order valence-electron chi connectivity index (χ3n) is 9.25. The third kappa shape index (κ3) is 21.5. The van der Waals surface area contributed by atoms with Crippen LogP contribution >= 0.6 is 11.8 Å². The van der Waals surface area contributed by atoms with Crippen molar-refractivity contribution in [2.75, 3.05) is 33.0 Å². The minimum absolute atomic E-state index is 0.168. The van der Waals surface area contributed by atoms with Gasteiger partial charge in [0.1, 0.15) is 0 Å². The molecule has 0 aromatic rings. The first-order valence-corrected chi connectivity index (χ1v) is 20.7. The minimum atomic E-state index is -0.188. The molecule has 0 saturated heterocycles. The van der Waals surface area contributed by atoms with Gasteiger partial charge in [-0.05, 0) is 101 Å². The van der Waals surface area contributed by atoms with E-state index in [9.17, 15) is 4.79 Å². The maximum absolute atomic E-state index is 11.3. The molecule has 0 spiro atoms. The molecule has 0 aliphatic heterocycles. The van der Waals surface area contributed by atoms with Crippen molar-refractivity contribution in [3.63, 3.8) is 0 Å². The van der Waals surface area contributed by atoms with Crippen molar-refractivity contribution < 1.29 is 9.53 Å². The lowest BCUT2D eigenvalue weighted by Crippen LogP contribution is -2.51. The summed E-state index contributed by atoms with van der Waals surface area (Å²) >= 11 is 2.24. The number of esters is 1. The molecule has 5 heteroatoms. The molecule has 4 nitrogen and oxygen atoms in total. The summed E-state index contributed by atoms with van der Waals surface area (Å²) < 4.78 is 5.30. The van der Waals surface area contributed by atoms with Crippen LogP contribution in [-0.2, 0) is 9.53 Å². The molecule has 46 heavy (non-hydrogen) atoms. The molecule has 280 valence electrons. The summed E-state index contributed by atoms with van der Waals surface area (Å²) in [6.07, 6.45) is 18.1. The number of ether oxygens (including phenoxy) is 1. The molecule has 1 saturated carbocycles. The van der Waals surface area contributed by atoms with E-state index in [2.05, 4.69) is 92.2 Å². The van der Waals surface area contributed by atoms with Crippen LogP contribution in [0.15, 0.2) is 11.6 Å². The Kier molecular flexibility index (Phi) is 36.1. The number of carbonyl (C=O) groups is 1. The van der Waals surface area contributed by atoms with Crippen LogP contribution in [0.2, 0.25) is 0 Å². The predicted molar refractivity (Wildman–Crippen MR) is 214 cm³/mol. The van der Waals surface area contributed by atoms with Gasteiger partial charge >= 0.3 is 5.97 Å². The average Bonchev–Trinajstić information content (AvgIpc) is 3.36. The smallest absolute Gasteiger partial charge is 0.302 e. The topological polar surface area (TPSA) is 55.6 Å². The van der Waals surface area contributed by atoms with Crippen molar-refractivity contribution in [3.8, 4) is 0 Å². The molecular weight excluding hydrogens is 585 g/mol. The first kappa shape index (κ1) is 52.3. The summed E-state index contributed by atoms with van der Waals surface area (Å²) in [5.41, 5.74) is 8.86. The largest absolute Gasteiger partial charge is 0.466 e. The Balaban J connectivity index is -0.000000498. The molecule has 0 bridgehead atoms. The highest BCUT2D eigenvalue weighted by Gasteiger charge is 2.52. The number of rotatable bonds is 11. The lowest BCUT2D eigenvalue weighted by molar-refractivity contribution is -0.140. The third-order valence-corrected chi connectivity index (χ3v) is 10.9.